The molecule has 0 aliphatic heterocycles. The molecule has 0 radical (unpaired) electrons. The fourth-order valence-corrected chi connectivity index (χ4v) is 3.45. The van der Waals surface area contributed by atoms with Crippen molar-refractivity contribution in [3.8, 4) is 5.75 Å². The van der Waals surface area contributed by atoms with E-state index in [0.29, 0.717) is 6.04 Å². The molecule has 2 saturated carbocycles. The van der Waals surface area contributed by atoms with Gasteiger partial charge in [-0.1, -0.05) is 25.3 Å². The van der Waals surface area contributed by atoms with Crippen molar-refractivity contribution in [1.82, 2.24) is 5.32 Å². The zero-order valence-corrected chi connectivity index (χ0v) is 14.1. The van der Waals surface area contributed by atoms with Gasteiger partial charge in [0, 0.05) is 25.7 Å². The van der Waals surface area contributed by atoms with Gasteiger partial charge in [0.15, 0.2) is 0 Å². The van der Waals surface area contributed by atoms with Crippen molar-refractivity contribution in [1.29, 1.82) is 0 Å². The Kier molecular flexibility index (Phi) is 5.24. The number of ether oxygens (including phenoxy) is 1. The van der Waals surface area contributed by atoms with Gasteiger partial charge >= 0.3 is 0 Å². The van der Waals surface area contributed by atoms with Crippen molar-refractivity contribution < 1.29 is 4.74 Å². The first-order valence-electron chi connectivity index (χ1n) is 9.00. The normalized spacial score (nSPS) is 19.2. The minimum Gasteiger partial charge on any atom is -0.492 e. The summed E-state index contributed by atoms with van der Waals surface area (Å²) in [5.74, 6) is 1.05. The fraction of sp³-hybridized carbons (Fsp3) is 0.684. The molecule has 2 fully saturated rings. The lowest BCUT2D eigenvalue weighted by Gasteiger charge is -2.34. The molecule has 0 saturated heterocycles. The molecule has 0 aromatic heterocycles. The van der Waals surface area contributed by atoms with Crippen LogP contribution in [-0.4, -0.2) is 25.7 Å². The summed E-state index contributed by atoms with van der Waals surface area (Å²) in [6, 6.07) is 8.16. The van der Waals surface area contributed by atoms with Crippen LogP contribution in [0.15, 0.2) is 18.2 Å². The zero-order valence-electron chi connectivity index (χ0n) is 14.1. The highest BCUT2D eigenvalue weighted by atomic mass is 16.5. The van der Waals surface area contributed by atoms with Crippen LogP contribution in [0.5, 0.6) is 5.75 Å². The van der Waals surface area contributed by atoms with E-state index in [4.69, 9.17) is 4.74 Å². The summed E-state index contributed by atoms with van der Waals surface area (Å²) in [4.78, 5) is 2.45. The Labute approximate surface area is 135 Å². The molecule has 0 heterocycles. The van der Waals surface area contributed by atoms with Crippen LogP contribution < -0.4 is 15.0 Å². The van der Waals surface area contributed by atoms with E-state index in [2.05, 4.69) is 42.4 Å². The number of rotatable bonds is 7. The third-order valence-corrected chi connectivity index (χ3v) is 5.00. The molecule has 2 aliphatic rings. The van der Waals surface area contributed by atoms with E-state index in [-0.39, 0.29) is 0 Å². The highest BCUT2D eigenvalue weighted by Crippen LogP contribution is 2.34. The van der Waals surface area contributed by atoms with E-state index in [0.717, 1.165) is 24.9 Å². The largest absolute Gasteiger partial charge is 0.492 e. The van der Waals surface area contributed by atoms with Gasteiger partial charge < -0.3 is 15.0 Å². The van der Waals surface area contributed by atoms with Crippen molar-refractivity contribution in [2.24, 2.45) is 0 Å². The first kappa shape index (κ1) is 15.7. The lowest BCUT2D eigenvalue weighted by molar-refractivity contribution is 0.337. The summed E-state index contributed by atoms with van der Waals surface area (Å²) >= 11 is 0. The molecule has 0 atom stereocenters. The van der Waals surface area contributed by atoms with Crippen molar-refractivity contribution in [3.63, 3.8) is 0 Å². The fourth-order valence-electron chi connectivity index (χ4n) is 3.45. The van der Waals surface area contributed by atoms with Crippen molar-refractivity contribution in [2.75, 3.05) is 18.6 Å². The summed E-state index contributed by atoms with van der Waals surface area (Å²) in [7, 11) is 2.23. The van der Waals surface area contributed by atoms with Gasteiger partial charge in [0.05, 0.1) is 12.3 Å². The van der Waals surface area contributed by atoms with Gasteiger partial charge in [0.2, 0.25) is 0 Å². The Morgan fingerprint density at radius 3 is 2.59 bits per heavy atom. The Balaban J connectivity index is 1.72. The van der Waals surface area contributed by atoms with Crippen LogP contribution in [0.3, 0.4) is 0 Å². The molecule has 1 aromatic rings. The minimum atomic E-state index is 0.670. The molecule has 3 nitrogen and oxygen atoms in total. The Morgan fingerprint density at radius 1 is 1.14 bits per heavy atom. The number of nitrogens with one attached hydrogen (secondary N) is 1. The van der Waals surface area contributed by atoms with Crippen LogP contribution in [-0.2, 0) is 6.54 Å². The predicted octanol–water partition coefficient (Wildman–Crippen LogP) is 4.11. The predicted molar refractivity (Wildman–Crippen MR) is 92.7 cm³/mol. The molecule has 0 unspecified atom stereocenters. The molecule has 22 heavy (non-hydrogen) atoms. The lowest BCUT2D eigenvalue weighted by Crippen LogP contribution is -2.33. The summed E-state index contributed by atoms with van der Waals surface area (Å²) in [6.07, 6.45) is 9.42. The molecule has 3 heteroatoms. The van der Waals surface area contributed by atoms with E-state index in [1.807, 2.05) is 0 Å². The molecule has 0 amide bonds. The van der Waals surface area contributed by atoms with E-state index in [1.54, 1.807) is 0 Å². The molecule has 2 aliphatic carbocycles. The second-order valence-electron chi connectivity index (χ2n) is 6.79. The topological polar surface area (TPSA) is 24.5 Å². The molecule has 1 N–H and O–H groups in total. The Bertz CT molecular complexity index is 478. The standard InChI is InChI=1S/C19H30N2O/c1-3-22-19-13-15(14-20-16-10-11-16)9-12-18(19)21(2)17-7-5-4-6-8-17/h9,12-13,16-17,20H,3-8,10-11,14H2,1-2H3. The summed E-state index contributed by atoms with van der Waals surface area (Å²) in [5.41, 5.74) is 2.58. The summed E-state index contributed by atoms with van der Waals surface area (Å²) in [5, 5.41) is 3.59. The lowest BCUT2D eigenvalue weighted by atomic mass is 9.94. The molecular formula is C19H30N2O. The van der Waals surface area contributed by atoms with Crippen LogP contribution in [0.2, 0.25) is 0 Å². The van der Waals surface area contributed by atoms with E-state index >= 15 is 0 Å². The number of hydrogen-bond acceptors (Lipinski definition) is 3. The van der Waals surface area contributed by atoms with Gasteiger partial charge in [-0.25, -0.2) is 0 Å². The van der Waals surface area contributed by atoms with Gasteiger partial charge in [-0.3, -0.25) is 0 Å². The number of nitrogens with zero attached hydrogens (tertiary/aromatic N) is 1. The number of anilines is 1. The summed E-state index contributed by atoms with van der Waals surface area (Å²) in [6.45, 7) is 3.75. The first-order valence-corrected chi connectivity index (χ1v) is 9.00. The van der Waals surface area contributed by atoms with Gasteiger partial charge in [-0.15, -0.1) is 0 Å². The smallest absolute Gasteiger partial charge is 0.142 e. The number of benzene rings is 1. The Morgan fingerprint density at radius 2 is 1.91 bits per heavy atom. The molecule has 0 spiro atoms. The van der Waals surface area contributed by atoms with Gasteiger partial charge in [-0.05, 0) is 50.3 Å². The van der Waals surface area contributed by atoms with Crippen LogP contribution in [0, 0.1) is 0 Å². The van der Waals surface area contributed by atoms with Gasteiger partial charge in [-0.2, -0.15) is 0 Å². The average molecular weight is 302 g/mol. The highest BCUT2D eigenvalue weighted by molar-refractivity contribution is 5.60. The van der Waals surface area contributed by atoms with Crippen molar-refractivity contribution in [3.05, 3.63) is 23.8 Å². The second kappa shape index (κ2) is 7.36. The van der Waals surface area contributed by atoms with Crippen molar-refractivity contribution in [2.45, 2.75) is 70.5 Å². The molecule has 3 rings (SSSR count). The average Bonchev–Trinajstić information content (AvgIpc) is 3.38. The summed E-state index contributed by atoms with van der Waals surface area (Å²) < 4.78 is 5.94. The maximum absolute atomic E-state index is 5.94. The van der Waals surface area contributed by atoms with E-state index in [1.165, 1.54) is 56.2 Å². The third-order valence-electron chi connectivity index (χ3n) is 5.00. The monoisotopic (exact) mass is 302 g/mol. The number of hydrogen-bond donors (Lipinski definition) is 1. The molecule has 0 bridgehead atoms. The molecule has 122 valence electrons. The SMILES string of the molecule is CCOc1cc(CNC2CC2)ccc1N(C)C1CCCCC1. The van der Waals surface area contributed by atoms with Gasteiger partial charge in [0.1, 0.15) is 5.75 Å². The minimum absolute atomic E-state index is 0.670. The van der Waals surface area contributed by atoms with Gasteiger partial charge in [0.25, 0.3) is 0 Å². The zero-order chi connectivity index (χ0) is 15.4. The highest BCUT2D eigenvalue weighted by Gasteiger charge is 2.22. The van der Waals surface area contributed by atoms with E-state index < -0.39 is 0 Å². The Hall–Kier alpha value is -1.22. The van der Waals surface area contributed by atoms with Crippen LogP contribution in [0.1, 0.15) is 57.4 Å². The maximum atomic E-state index is 5.94. The molecule has 1 aromatic carbocycles. The van der Waals surface area contributed by atoms with Crippen LogP contribution >= 0.6 is 0 Å². The maximum Gasteiger partial charge on any atom is 0.142 e. The van der Waals surface area contributed by atoms with E-state index in [9.17, 15) is 0 Å². The second-order valence-corrected chi connectivity index (χ2v) is 6.79. The quantitative estimate of drug-likeness (QED) is 0.820. The first-order chi connectivity index (χ1) is 10.8. The molecular weight excluding hydrogens is 272 g/mol. The van der Waals surface area contributed by atoms with Crippen LogP contribution in [0.25, 0.3) is 0 Å². The van der Waals surface area contributed by atoms with Crippen molar-refractivity contribution >= 4 is 5.69 Å². The third kappa shape index (κ3) is 3.95. The van der Waals surface area contributed by atoms with Crippen LogP contribution in [0.4, 0.5) is 5.69 Å².